The predicted octanol–water partition coefficient (Wildman–Crippen LogP) is 3.63. The molecule has 4 aromatic rings. The highest BCUT2D eigenvalue weighted by Crippen LogP contribution is 2.32. The van der Waals surface area contributed by atoms with Gasteiger partial charge < -0.3 is 15.0 Å². The number of para-hydroxylation sites is 1. The molecule has 0 aliphatic carbocycles. The molecular weight excluding hydrogens is 349 g/mol. The summed E-state index contributed by atoms with van der Waals surface area (Å²) in [6.45, 7) is 0. The lowest BCUT2D eigenvalue weighted by molar-refractivity contribution is 0.0685. The van der Waals surface area contributed by atoms with Crippen LogP contribution in [0.4, 0.5) is 15.9 Å². The summed E-state index contributed by atoms with van der Waals surface area (Å²) < 4.78 is 13.3. The molecule has 2 N–H and O–H groups in total. The van der Waals surface area contributed by atoms with E-state index >= 15 is 0 Å². The average molecular weight is 363 g/mol. The van der Waals surface area contributed by atoms with E-state index in [1.54, 1.807) is 12.1 Å². The van der Waals surface area contributed by atoms with E-state index in [1.807, 2.05) is 42.3 Å². The fraction of sp³-hybridized carbons (Fsp3) is 0.0526. The Hall–Kier alpha value is -3.81. The largest absolute Gasteiger partial charge is 0.475 e. The van der Waals surface area contributed by atoms with Crippen molar-refractivity contribution in [1.29, 1.82) is 0 Å². The number of anilines is 2. The summed E-state index contributed by atoms with van der Waals surface area (Å²) in [4.78, 5) is 28.7. The summed E-state index contributed by atoms with van der Waals surface area (Å²) in [5.41, 5.74) is 2.42. The van der Waals surface area contributed by atoms with Crippen molar-refractivity contribution in [1.82, 2.24) is 19.9 Å². The van der Waals surface area contributed by atoms with Crippen molar-refractivity contribution in [3.05, 3.63) is 66.2 Å². The number of nitrogens with one attached hydrogen (secondary N) is 1. The Bertz CT molecular complexity index is 1130. The molecule has 134 valence electrons. The van der Waals surface area contributed by atoms with Crippen molar-refractivity contribution >= 4 is 28.8 Å². The highest BCUT2D eigenvalue weighted by molar-refractivity contribution is 5.89. The Morgan fingerprint density at radius 2 is 1.74 bits per heavy atom. The normalized spacial score (nSPS) is 10.9. The number of benzene rings is 2. The Morgan fingerprint density at radius 1 is 1.04 bits per heavy atom. The van der Waals surface area contributed by atoms with Gasteiger partial charge in [-0.25, -0.2) is 24.1 Å². The van der Waals surface area contributed by atoms with Crippen molar-refractivity contribution in [3.63, 3.8) is 0 Å². The van der Waals surface area contributed by atoms with Crippen LogP contribution in [0.3, 0.4) is 0 Å². The Kier molecular flexibility index (Phi) is 4.00. The first-order valence-corrected chi connectivity index (χ1v) is 8.08. The maximum absolute atomic E-state index is 13.3. The molecule has 0 fully saturated rings. The lowest BCUT2D eigenvalue weighted by atomic mass is 10.1. The fourth-order valence-corrected chi connectivity index (χ4v) is 2.74. The van der Waals surface area contributed by atoms with E-state index in [0.717, 1.165) is 5.69 Å². The van der Waals surface area contributed by atoms with E-state index in [0.29, 0.717) is 17.1 Å². The van der Waals surface area contributed by atoms with Crippen LogP contribution in [0, 0.1) is 5.82 Å². The van der Waals surface area contributed by atoms with E-state index < -0.39 is 5.97 Å². The summed E-state index contributed by atoms with van der Waals surface area (Å²) in [5.74, 6) is -1.31. The van der Waals surface area contributed by atoms with E-state index in [4.69, 9.17) is 5.11 Å². The number of aromatic carboxylic acids is 1. The van der Waals surface area contributed by atoms with Crippen LogP contribution in [0.5, 0.6) is 0 Å². The number of imidazole rings is 1. The predicted molar refractivity (Wildman–Crippen MR) is 98.5 cm³/mol. The van der Waals surface area contributed by atoms with Crippen LogP contribution in [0.15, 0.2) is 54.6 Å². The van der Waals surface area contributed by atoms with Crippen molar-refractivity contribution in [2.45, 2.75) is 0 Å². The van der Waals surface area contributed by atoms with Gasteiger partial charge in [-0.05, 0) is 36.4 Å². The molecule has 0 aliphatic heterocycles. The number of hydrogen-bond donors (Lipinski definition) is 2. The molecule has 8 heteroatoms. The summed E-state index contributed by atoms with van der Waals surface area (Å²) >= 11 is 0. The molecule has 0 unspecified atom stereocenters. The SMILES string of the molecule is CN(c1ccccc1)c1nc2[nH]c(C(=O)O)nc2nc1-c1ccc(F)cc1. The van der Waals surface area contributed by atoms with Gasteiger partial charge >= 0.3 is 5.97 Å². The number of aromatic nitrogens is 4. The Morgan fingerprint density at radius 3 is 2.41 bits per heavy atom. The zero-order valence-corrected chi connectivity index (χ0v) is 14.2. The fourth-order valence-electron chi connectivity index (χ4n) is 2.74. The first-order valence-electron chi connectivity index (χ1n) is 8.08. The highest BCUT2D eigenvalue weighted by Gasteiger charge is 2.19. The number of carboxylic acids is 1. The van der Waals surface area contributed by atoms with Crippen molar-refractivity contribution in [2.75, 3.05) is 11.9 Å². The van der Waals surface area contributed by atoms with Gasteiger partial charge in [0.2, 0.25) is 5.82 Å². The topological polar surface area (TPSA) is 95.0 Å². The maximum atomic E-state index is 13.3. The van der Waals surface area contributed by atoms with Crippen LogP contribution in [0.1, 0.15) is 10.6 Å². The minimum atomic E-state index is -1.20. The van der Waals surface area contributed by atoms with Gasteiger partial charge in [-0.3, -0.25) is 0 Å². The number of carbonyl (C=O) groups is 1. The molecule has 0 amide bonds. The Labute approximate surface area is 153 Å². The number of fused-ring (bicyclic) bond motifs is 1. The van der Waals surface area contributed by atoms with Crippen LogP contribution in [0.2, 0.25) is 0 Å². The van der Waals surface area contributed by atoms with Gasteiger partial charge in [-0.1, -0.05) is 18.2 Å². The van der Waals surface area contributed by atoms with Crippen molar-refractivity contribution in [3.8, 4) is 11.3 Å². The second-order valence-corrected chi connectivity index (χ2v) is 5.86. The monoisotopic (exact) mass is 363 g/mol. The standard InChI is InChI=1S/C19H14FN5O2/c1-25(13-5-3-2-4-6-13)18-14(11-7-9-12(20)10-8-11)21-15-16(24-18)23-17(22-15)19(26)27/h2-10H,1H3,(H,26,27)(H,21,22,23,24). The van der Waals surface area contributed by atoms with Gasteiger partial charge in [0.05, 0.1) is 0 Å². The quantitative estimate of drug-likeness (QED) is 0.575. The zero-order chi connectivity index (χ0) is 19.0. The summed E-state index contributed by atoms with van der Waals surface area (Å²) in [7, 11) is 1.83. The molecule has 2 aromatic heterocycles. The molecule has 0 saturated carbocycles. The van der Waals surface area contributed by atoms with Gasteiger partial charge in [0.25, 0.3) is 0 Å². The number of aromatic amines is 1. The Balaban J connectivity index is 1.94. The lowest BCUT2D eigenvalue weighted by Gasteiger charge is -2.20. The van der Waals surface area contributed by atoms with E-state index in [-0.39, 0.29) is 22.9 Å². The third-order valence-electron chi connectivity index (χ3n) is 4.09. The molecule has 2 heterocycles. The molecule has 2 aromatic carbocycles. The van der Waals surface area contributed by atoms with Gasteiger partial charge in [-0.2, -0.15) is 0 Å². The second kappa shape index (κ2) is 6.49. The number of rotatable bonds is 4. The maximum Gasteiger partial charge on any atom is 0.372 e. The van der Waals surface area contributed by atoms with Crippen LogP contribution in [-0.4, -0.2) is 38.1 Å². The van der Waals surface area contributed by atoms with Crippen molar-refractivity contribution < 1.29 is 14.3 Å². The van der Waals surface area contributed by atoms with Crippen LogP contribution in [0.25, 0.3) is 22.6 Å². The van der Waals surface area contributed by atoms with Gasteiger partial charge in [-0.15, -0.1) is 0 Å². The number of hydrogen-bond acceptors (Lipinski definition) is 5. The molecule has 0 aliphatic rings. The van der Waals surface area contributed by atoms with E-state index in [1.165, 1.54) is 12.1 Å². The number of H-pyrrole nitrogens is 1. The van der Waals surface area contributed by atoms with Crippen molar-refractivity contribution in [2.24, 2.45) is 0 Å². The van der Waals surface area contributed by atoms with Gasteiger partial charge in [0.15, 0.2) is 17.1 Å². The summed E-state index contributed by atoms with van der Waals surface area (Å²) in [6, 6.07) is 15.4. The number of nitrogens with zero attached hydrogens (tertiary/aromatic N) is 4. The minimum absolute atomic E-state index is 0.178. The zero-order valence-electron chi connectivity index (χ0n) is 14.2. The molecule has 0 spiro atoms. The van der Waals surface area contributed by atoms with Gasteiger partial charge in [0, 0.05) is 18.3 Å². The third-order valence-corrected chi connectivity index (χ3v) is 4.09. The highest BCUT2D eigenvalue weighted by atomic mass is 19.1. The molecule has 0 radical (unpaired) electrons. The molecule has 0 atom stereocenters. The minimum Gasteiger partial charge on any atom is -0.475 e. The van der Waals surface area contributed by atoms with E-state index in [2.05, 4.69) is 19.9 Å². The van der Waals surface area contributed by atoms with E-state index in [9.17, 15) is 9.18 Å². The molecule has 0 saturated heterocycles. The van der Waals surface area contributed by atoms with Crippen LogP contribution < -0.4 is 4.90 Å². The molecular formula is C19H14FN5O2. The molecule has 0 bridgehead atoms. The van der Waals surface area contributed by atoms with Gasteiger partial charge in [0.1, 0.15) is 11.5 Å². The average Bonchev–Trinajstić information content (AvgIpc) is 3.11. The summed E-state index contributed by atoms with van der Waals surface area (Å²) in [5, 5.41) is 9.16. The first-order chi connectivity index (χ1) is 13.0. The van der Waals surface area contributed by atoms with Crippen LogP contribution >= 0.6 is 0 Å². The number of halogens is 1. The lowest BCUT2D eigenvalue weighted by Crippen LogP contribution is -2.13. The summed E-state index contributed by atoms with van der Waals surface area (Å²) in [6.07, 6.45) is 0. The smallest absolute Gasteiger partial charge is 0.372 e. The van der Waals surface area contributed by atoms with Crippen LogP contribution in [-0.2, 0) is 0 Å². The third kappa shape index (κ3) is 3.08. The molecule has 27 heavy (non-hydrogen) atoms. The second-order valence-electron chi connectivity index (χ2n) is 5.86. The number of carboxylic acid groups (broad SMARTS) is 1. The molecule has 7 nitrogen and oxygen atoms in total. The first kappa shape index (κ1) is 16.6. The molecule has 4 rings (SSSR count).